The summed E-state index contributed by atoms with van der Waals surface area (Å²) < 4.78 is 5.65. The summed E-state index contributed by atoms with van der Waals surface area (Å²) in [5.74, 6) is 1.02. The molecule has 0 aliphatic carbocycles. The van der Waals surface area contributed by atoms with Gasteiger partial charge in [0, 0.05) is 12.0 Å². The van der Waals surface area contributed by atoms with Gasteiger partial charge in [0.1, 0.15) is 5.75 Å². The summed E-state index contributed by atoms with van der Waals surface area (Å²) in [6.07, 6.45) is 1.03. The van der Waals surface area contributed by atoms with E-state index in [1.54, 1.807) is 0 Å². The largest absolute Gasteiger partial charge is 0.493 e. The molecule has 0 saturated carbocycles. The molecule has 0 radical (unpaired) electrons. The Balaban J connectivity index is 2.29. The summed E-state index contributed by atoms with van der Waals surface area (Å²) in [4.78, 5) is 0. The summed E-state index contributed by atoms with van der Waals surface area (Å²) in [7, 11) is 0. The number of benzene rings is 1. The van der Waals surface area contributed by atoms with Gasteiger partial charge in [0.05, 0.1) is 6.61 Å². The van der Waals surface area contributed by atoms with Gasteiger partial charge in [-0.15, -0.1) is 0 Å². The van der Waals surface area contributed by atoms with Crippen LogP contribution in [0.4, 0.5) is 0 Å². The highest BCUT2D eigenvalue weighted by atomic mass is 16.5. The van der Waals surface area contributed by atoms with Crippen molar-refractivity contribution >= 4 is 0 Å². The van der Waals surface area contributed by atoms with Gasteiger partial charge in [-0.25, -0.2) is 0 Å². The first-order valence-corrected chi connectivity index (χ1v) is 4.64. The molecule has 0 spiro atoms. The van der Waals surface area contributed by atoms with Crippen molar-refractivity contribution < 1.29 is 4.74 Å². The normalized spacial score (nSPS) is 26.3. The molecule has 1 atom stereocenters. The molecule has 2 N–H and O–H groups in total. The fraction of sp³-hybridized carbons (Fsp3) is 0.455. The number of ether oxygens (including phenoxy) is 1. The maximum atomic E-state index is 5.71. The zero-order chi connectivity index (χ0) is 9.31. The van der Waals surface area contributed by atoms with Crippen LogP contribution in [0.3, 0.4) is 0 Å². The van der Waals surface area contributed by atoms with Gasteiger partial charge in [0.15, 0.2) is 0 Å². The molecule has 1 aromatic rings. The second-order valence-electron chi connectivity index (χ2n) is 4.09. The van der Waals surface area contributed by atoms with Crippen LogP contribution in [-0.4, -0.2) is 13.2 Å². The zero-order valence-electron chi connectivity index (χ0n) is 7.92. The second kappa shape index (κ2) is 3.04. The van der Waals surface area contributed by atoms with Gasteiger partial charge in [-0.1, -0.05) is 25.1 Å². The summed E-state index contributed by atoms with van der Waals surface area (Å²) in [5, 5.41) is 0. The van der Waals surface area contributed by atoms with Crippen LogP contribution in [-0.2, 0) is 6.42 Å². The summed E-state index contributed by atoms with van der Waals surface area (Å²) in [6.45, 7) is 3.59. The molecule has 0 amide bonds. The van der Waals surface area contributed by atoms with Crippen LogP contribution < -0.4 is 10.5 Å². The van der Waals surface area contributed by atoms with Gasteiger partial charge < -0.3 is 10.5 Å². The minimum absolute atomic E-state index is 0.119. The van der Waals surface area contributed by atoms with Crippen LogP contribution in [0.5, 0.6) is 5.75 Å². The van der Waals surface area contributed by atoms with Crippen molar-refractivity contribution in [3.63, 3.8) is 0 Å². The monoisotopic (exact) mass is 177 g/mol. The van der Waals surface area contributed by atoms with E-state index in [0.717, 1.165) is 18.8 Å². The minimum atomic E-state index is 0.119. The molecule has 1 heterocycles. The molecule has 1 aliphatic rings. The minimum Gasteiger partial charge on any atom is -0.493 e. The number of para-hydroxylation sites is 1. The van der Waals surface area contributed by atoms with Crippen molar-refractivity contribution in [1.82, 2.24) is 0 Å². The van der Waals surface area contributed by atoms with Crippen LogP contribution in [0, 0.1) is 5.41 Å². The molecule has 1 aliphatic heterocycles. The molecule has 70 valence electrons. The summed E-state index contributed by atoms with van der Waals surface area (Å²) in [6, 6.07) is 8.18. The van der Waals surface area contributed by atoms with Crippen molar-refractivity contribution in [2.45, 2.75) is 13.3 Å². The molecule has 1 aromatic carbocycles. The quantitative estimate of drug-likeness (QED) is 0.707. The van der Waals surface area contributed by atoms with Gasteiger partial charge in [-0.2, -0.15) is 0 Å². The van der Waals surface area contributed by atoms with Crippen LogP contribution in [0.15, 0.2) is 24.3 Å². The number of fused-ring (bicyclic) bond motifs is 1. The van der Waals surface area contributed by atoms with Crippen LogP contribution >= 0.6 is 0 Å². The molecule has 13 heavy (non-hydrogen) atoms. The van der Waals surface area contributed by atoms with E-state index in [4.69, 9.17) is 10.5 Å². The van der Waals surface area contributed by atoms with E-state index >= 15 is 0 Å². The molecule has 1 unspecified atom stereocenters. The van der Waals surface area contributed by atoms with Gasteiger partial charge >= 0.3 is 0 Å². The average molecular weight is 177 g/mol. The molecule has 0 aromatic heterocycles. The van der Waals surface area contributed by atoms with E-state index < -0.39 is 0 Å². The van der Waals surface area contributed by atoms with Gasteiger partial charge in [0.2, 0.25) is 0 Å². The van der Waals surface area contributed by atoms with E-state index in [1.165, 1.54) is 5.56 Å². The van der Waals surface area contributed by atoms with Gasteiger partial charge in [-0.05, 0) is 18.1 Å². The third kappa shape index (κ3) is 1.54. The molecule has 0 bridgehead atoms. The molecule has 2 nitrogen and oxygen atoms in total. The summed E-state index contributed by atoms with van der Waals surface area (Å²) >= 11 is 0. The lowest BCUT2D eigenvalue weighted by Gasteiger charge is -2.33. The maximum absolute atomic E-state index is 5.71. The Labute approximate surface area is 78.7 Å². The third-order valence-electron chi connectivity index (χ3n) is 2.66. The van der Waals surface area contributed by atoms with E-state index in [9.17, 15) is 0 Å². The smallest absolute Gasteiger partial charge is 0.122 e. The second-order valence-corrected chi connectivity index (χ2v) is 4.09. The maximum Gasteiger partial charge on any atom is 0.122 e. The SMILES string of the molecule is CC1(CN)COc2ccccc2C1. The number of hydrogen-bond donors (Lipinski definition) is 1. The lowest BCUT2D eigenvalue weighted by Crippen LogP contribution is -2.38. The molecule has 2 rings (SSSR count). The Kier molecular flexibility index (Phi) is 2.00. The Hall–Kier alpha value is -1.02. The van der Waals surface area contributed by atoms with E-state index in [-0.39, 0.29) is 5.41 Å². The van der Waals surface area contributed by atoms with Gasteiger partial charge in [0.25, 0.3) is 0 Å². The molecule has 0 saturated heterocycles. The Morgan fingerprint density at radius 2 is 2.23 bits per heavy atom. The molecule has 2 heteroatoms. The highest BCUT2D eigenvalue weighted by Gasteiger charge is 2.29. The Bertz CT molecular complexity index is 311. The predicted molar refractivity (Wildman–Crippen MR) is 52.8 cm³/mol. The van der Waals surface area contributed by atoms with Gasteiger partial charge in [-0.3, -0.25) is 0 Å². The van der Waals surface area contributed by atoms with E-state index in [2.05, 4.69) is 13.0 Å². The lowest BCUT2D eigenvalue weighted by molar-refractivity contribution is 0.144. The topological polar surface area (TPSA) is 35.2 Å². The van der Waals surface area contributed by atoms with Crippen LogP contribution in [0.1, 0.15) is 12.5 Å². The van der Waals surface area contributed by atoms with Crippen LogP contribution in [0.25, 0.3) is 0 Å². The van der Waals surface area contributed by atoms with Crippen molar-refractivity contribution in [3.8, 4) is 5.75 Å². The third-order valence-corrected chi connectivity index (χ3v) is 2.66. The van der Waals surface area contributed by atoms with E-state index in [1.807, 2.05) is 18.2 Å². The highest BCUT2D eigenvalue weighted by Crippen LogP contribution is 2.33. The fourth-order valence-electron chi connectivity index (χ4n) is 1.68. The van der Waals surface area contributed by atoms with Crippen molar-refractivity contribution in [3.05, 3.63) is 29.8 Å². The lowest BCUT2D eigenvalue weighted by atomic mass is 9.82. The van der Waals surface area contributed by atoms with Crippen molar-refractivity contribution in [1.29, 1.82) is 0 Å². The summed E-state index contributed by atoms with van der Waals surface area (Å²) in [5.41, 5.74) is 7.11. The standard InChI is InChI=1S/C11H15NO/c1-11(7-12)6-9-4-2-3-5-10(9)13-8-11/h2-5H,6-8,12H2,1H3. The van der Waals surface area contributed by atoms with Crippen molar-refractivity contribution in [2.75, 3.05) is 13.2 Å². The Morgan fingerprint density at radius 1 is 1.46 bits per heavy atom. The molecular weight excluding hydrogens is 162 g/mol. The van der Waals surface area contributed by atoms with Crippen LogP contribution in [0.2, 0.25) is 0 Å². The highest BCUT2D eigenvalue weighted by molar-refractivity contribution is 5.35. The molecular formula is C11H15NO. The zero-order valence-corrected chi connectivity index (χ0v) is 7.92. The number of nitrogens with two attached hydrogens (primary N) is 1. The fourth-order valence-corrected chi connectivity index (χ4v) is 1.68. The first-order valence-electron chi connectivity index (χ1n) is 4.64. The predicted octanol–water partition coefficient (Wildman–Crippen LogP) is 1.59. The average Bonchev–Trinajstić information content (AvgIpc) is 2.18. The number of rotatable bonds is 1. The number of hydrogen-bond acceptors (Lipinski definition) is 2. The first kappa shape index (κ1) is 8.57. The van der Waals surface area contributed by atoms with Crippen molar-refractivity contribution in [2.24, 2.45) is 11.1 Å². The first-order chi connectivity index (χ1) is 6.23. The van der Waals surface area contributed by atoms with E-state index in [0.29, 0.717) is 6.54 Å². The molecule has 0 fully saturated rings. The Morgan fingerprint density at radius 3 is 3.00 bits per heavy atom.